The Labute approximate surface area is 145 Å². The molecule has 24 heavy (non-hydrogen) atoms. The number of hydrogen-bond acceptors (Lipinski definition) is 4. The quantitative estimate of drug-likeness (QED) is 0.639. The minimum atomic E-state index is -0.487. The van der Waals surface area contributed by atoms with Gasteiger partial charge in [0.05, 0.1) is 17.2 Å². The van der Waals surface area contributed by atoms with Crippen LogP contribution in [0, 0.1) is 17.0 Å². The summed E-state index contributed by atoms with van der Waals surface area (Å²) in [7, 11) is 1.81. The summed E-state index contributed by atoms with van der Waals surface area (Å²) in [5.41, 5.74) is 2.09. The van der Waals surface area contributed by atoms with E-state index in [9.17, 15) is 14.9 Å². The summed E-state index contributed by atoms with van der Waals surface area (Å²) in [4.78, 5) is 24.3. The van der Waals surface area contributed by atoms with Crippen molar-refractivity contribution in [3.63, 3.8) is 0 Å². The van der Waals surface area contributed by atoms with Crippen molar-refractivity contribution < 1.29 is 9.72 Å². The van der Waals surface area contributed by atoms with Crippen LogP contribution >= 0.6 is 11.6 Å². The summed E-state index contributed by atoms with van der Waals surface area (Å²) in [6.07, 6.45) is 0. The highest BCUT2D eigenvalue weighted by Gasteiger charge is 2.13. The Kier molecular flexibility index (Phi) is 5.89. The maximum Gasteiger partial charge on any atom is 0.271 e. The second-order valence-corrected chi connectivity index (χ2v) is 5.98. The van der Waals surface area contributed by atoms with Crippen molar-refractivity contribution in [3.8, 4) is 0 Å². The van der Waals surface area contributed by atoms with Crippen LogP contribution in [0.5, 0.6) is 0 Å². The molecule has 1 N–H and O–H groups in total. The van der Waals surface area contributed by atoms with Crippen molar-refractivity contribution >= 4 is 28.9 Å². The number of amides is 1. The lowest BCUT2D eigenvalue weighted by Gasteiger charge is -2.17. The summed E-state index contributed by atoms with van der Waals surface area (Å²) in [6.45, 7) is 2.46. The molecule has 1 amide bonds. The molecular formula is C17H18ClN3O3. The van der Waals surface area contributed by atoms with Gasteiger partial charge < -0.3 is 5.32 Å². The minimum Gasteiger partial charge on any atom is -0.324 e. The van der Waals surface area contributed by atoms with Crippen molar-refractivity contribution in [1.82, 2.24) is 4.90 Å². The molecule has 0 atom stereocenters. The first-order valence-corrected chi connectivity index (χ1v) is 7.71. The topological polar surface area (TPSA) is 75.5 Å². The summed E-state index contributed by atoms with van der Waals surface area (Å²) in [5.74, 6) is -0.242. The standard InChI is InChI=1S/C17H18ClN3O3/c1-12-7-8-14(21(23)24)9-16(12)19-17(22)11-20(2)10-13-5-3-4-6-15(13)18/h3-9H,10-11H2,1-2H3,(H,19,22). The normalized spacial score (nSPS) is 10.7. The van der Waals surface area contributed by atoms with Gasteiger partial charge in [-0.3, -0.25) is 19.8 Å². The van der Waals surface area contributed by atoms with Crippen LogP contribution in [0.1, 0.15) is 11.1 Å². The zero-order chi connectivity index (χ0) is 17.7. The number of non-ortho nitro benzene ring substituents is 1. The maximum atomic E-state index is 12.2. The van der Waals surface area contributed by atoms with Crippen molar-refractivity contribution in [1.29, 1.82) is 0 Å². The van der Waals surface area contributed by atoms with Gasteiger partial charge in [-0.2, -0.15) is 0 Å². The largest absolute Gasteiger partial charge is 0.324 e. The Morgan fingerprint density at radius 3 is 2.67 bits per heavy atom. The molecule has 0 aromatic heterocycles. The molecular weight excluding hydrogens is 330 g/mol. The SMILES string of the molecule is Cc1ccc([N+](=O)[O-])cc1NC(=O)CN(C)Cc1ccccc1Cl. The Hall–Kier alpha value is -2.44. The molecule has 2 rings (SSSR count). The first kappa shape index (κ1) is 17.9. The van der Waals surface area contributed by atoms with Crippen molar-refractivity contribution in [2.24, 2.45) is 0 Å². The van der Waals surface area contributed by atoms with Crippen LogP contribution in [-0.2, 0) is 11.3 Å². The fourth-order valence-electron chi connectivity index (χ4n) is 2.27. The van der Waals surface area contributed by atoms with Gasteiger partial charge in [0, 0.05) is 23.7 Å². The summed E-state index contributed by atoms with van der Waals surface area (Å²) < 4.78 is 0. The van der Waals surface area contributed by atoms with Crippen LogP contribution in [-0.4, -0.2) is 29.3 Å². The number of carbonyl (C=O) groups excluding carboxylic acids is 1. The molecule has 0 bridgehead atoms. The molecule has 7 heteroatoms. The number of aryl methyl sites for hydroxylation is 1. The van der Waals surface area contributed by atoms with E-state index >= 15 is 0 Å². The smallest absolute Gasteiger partial charge is 0.271 e. The van der Waals surface area contributed by atoms with Gasteiger partial charge in [0.15, 0.2) is 0 Å². The van der Waals surface area contributed by atoms with E-state index in [0.29, 0.717) is 17.3 Å². The average Bonchev–Trinajstić information content (AvgIpc) is 2.51. The highest BCUT2D eigenvalue weighted by Crippen LogP contribution is 2.22. The van der Waals surface area contributed by atoms with Gasteiger partial charge in [-0.05, 0) is 31.2 Å². The molecule has 0 aliphatic rings. The third-order valence-electron chi connectivity index (χ3n) is 3.52. The lowest BCUT2D eigenvalue weighted by atomic mass is 10.2. The Morgan fingerprint density at radius 2 is 2.00 bits per heavy atom. The van der Waals surface area contributed by atoms with Crippen molar-refractivity contribution in [2.45, 2.75) is 13.5 Å². The lowest BCUT2D eigenvalue weighted by molar-refractivity contribution is -0.384. The number of nitrogens with zero attached hydrogens (tertiary/aromatic N) is 2. The van der Waals surface area contributed by atoms with Crippen LogP contribution in [0.2, 0.25) is 5.02 Å². The molecule has 2 aromatic rings. The van der Waals surface area contributed by atoms with Crippen LogP contribution in [0.25, 0.3) is 0 Å². The first-order chi connectivity index (χ1) is 11.4. The number of carbonyl (C=O) groups is 1. The fourth-order valence-corrected chi connectivity index (χ4v) is 2.46. The third-order valence-corrected chi connectivity index (χ3v) is 3.89. The fraction of sp³-hybridized carbons (Fsp3) is 0.235. The van der Waals surface area contributed by atoms with E-state index in [0.717, 1.165) is 11.1 Å². The number of anilines is 1. The van der Waals surface area contributed by atoms with Crippen molar-refractivity contribution in [3.05, 3.63) is 68.7 Å². The number of halogens is 1. The number of nitrogens with one attached hydrogen (secondary N) is 1. The molecule has 0 saturated carbocycles. The molecule has 0 aliphatic heterocycles. The predicted molar refractivity (Wildman–Crippen MR) is 94.2 cm³/mol. The van der Waals surface area contributed by atoms with Crippen LogP contribution in [0.4, 0.5) is 11.4 Å². The highest BCUT2D eigenvalue weighted by atomic mass is 35.5. The molecule has 0 radical (unpaired) electrons. The molecule has 0 spiro atoms. The third kappa shape index (κ3) is 4.78. The number of likely N-dealkylation sites (N-methyl/N-ethyl adjacent to an activating group) is 1. The summed E-state index contributed by atoms with van der Waals surface area (Å²) >= 11 is 6.11. The Balaban J connectivity index is 1.99. The maximum absolute atomic E-state index is 12.2. The van der Waals surface area contributed by atoms with E-state index in [1.54, 1.807) is 19.1 Å². The average molecular weight is 348 g/mol. The van der Waals surface area contributed by atoms with Gasteiger partial charge in [-0.1, -0.05) is 35.9 Å². The molecule has 0 aliphatic carbocycles. The molecule has 6 nitrogen and oxygen atoms in total. The second-order valence-electron chi connectivity index (χ2n) is 5.57. The number of nitro groups is 1. The van der Waals surface area contributed by atoms with Gasteiger partial charge in [0.25, 0.3) is 5.69 Å². The van der Waals surface area contributed by atoms with E-state index < -0.39 is 4.92 Å². The number of hydrogen-bond donors (Lipinski definition) is 1. The Morgan fingerprint density at radius 1 is 1.29 bits per heavy atom. The molecule has 0 fully saturated rings. The van der Waals surface area contributed by atoms with Gasteiger partial charge in [-0.25, -0.2) is 0 Å². The molecule has 126 valence electrons. The van der Waals surface area contributed by atoms with E-state index in [2.05, 4.69) is 5.32 Å². The van der Waals surface area contributed by atoms with Gasteiger partial charge in [0.1, 0.15) is 0 Å². The van der Waals surface area contributed by atoms with E-state index in [-0.39, 0.29) is 18.1 Å². The van der Waals surface area contributed by atoms with Gasteiger partial charge in [-0.15, -0.1) is 0 Å². The number of nitro benzene ring substituents is 1. The van der Waals surface area contributed by atoms with E-state index in [1.165, 1.54) is 12.1 Å². The van der Waals surface area contributed by atoms with Crippen LogP contribution in [0.15, 0.2) is 42.5 Å². The second kappa shape index (κ2) is 7.90. The van der Waals surface area contributed by atoms with E-state index in [1.807, 2.05) is 30.1 Å². The number of benzene rings is 2. The van der Waals surface area contributed by atoms with Crippen LogP contribution < -0.4 is 5.32 Å². The lowest BCUT2D eigenvalue weighted by Crippen LogP contribution is -2.30. The molecule has 0 heterocycles. The zero-order valence-corrected chi connectivity index (χ0v) is 14.2. The van der Waals surface area contributed by atoms with Gasteiger partial charge in [0.2, 0.25) is 5.91 Å². The van der Waals surface area contributed by atoms with E-state index in [4.69, 9.17) is 11.6 Å². The monoisotopic (exact) mass is 347 g/mol. The summed E-state index contributed by atoms with van der Waals surface area (Å²) in [6, 6.07) is 11.8. The first-order valence-electron chi connectivity index (χ1n) is 7.33. The van der Waals surface area contributed by atoms with Crippen LogP contribution in [0.3, 0.4) is 0 Å². The zero-order valence-electron chi connectivity index (χ0n) is 13.5. The summed E-state index contributed by atoms with van der Waals surface area (Å²) in [5, 5.41) is 14.2. The minimum absolute atomic E-state index is 0.0553. The van der Waals surface area contributed by atoms with Gasteiger partial charge >= 0.3 is 0 Å². The highest BCUT2D eigenvalue weighted by molar-refractivity contribution is 6.31. The molecule has 2 aromatic carbocycles. The predicted octanol–water partition coefficient (Wildman–Crippen LogP) is 3.63. The Bertz CT molecular complexity index is 764. The molecule has 0 saturated heterocycles. The number of rotatable bonds is 6. The molecule has 0 unspecified atom stereocenters. The van der Waals surface area contributed by atoms with Crippen molar-refractivity contribution in [2.75, 3.05) is 18.9 Å².